The highest BCUT2D eigenvalue weighted by Crippen LogP contribution is 2.35. The molecule has 0 bridgehead atoms. The lowest BCUT2D eigenvalue weighted by molar-refractivity contribution is -0.141. The summed E-state index contributed by atoms with van der Waals surface area (Å²) in [5, 5.41) is 5.58. The minimum absolute atomic E-state index is 0. The highest BCUT2D eigenvalue weighted by Gasteiger charge is 2.39. The Kier molecular flexibility index (Phi) is 6.33. The van der Waals surface area contributed by atoms with E-state index in [-0.39, 0.29) is 29.8 Å². The third-order valence-corrected chi connectivity index (χ3v) is 5.52. The molecule has 2 aliphatic rings. The van der Waals surface area contributed by atoms with Gasteiger partial charge in [-0.1, -0.05) is 0 Å². The number of rotatable bonds is 3. The monoisotopic (exact) mass is 436 g/mol. The van der Waals surface area contributed by atoms with E-state index in [0.29, 0.717) is 37.6 Å². The van der Waals surface area contributed by atoms with Crippen molar-refractivity contribution in [2.75, 3.05) is 37.7 Å². The van der Waals surface area contributed by atoms with E-state index in [2.05, 4.69) is 15.3 Å². The number of thiophene rings is 1. The lowest BCUT2D eigenvalue weighted by atomic mass is 9.90. The molecule has 0 amide bonds. The first kappa shape index (κ1) is 21.1. The molecule has 0 radical (unpaired) electrons. The summed E-state index contributed by atoms with van der Waals surface area (Å²) < 4.78 is 51.3. The molecular weight excluding hydrogens is 417 g/mol. The van der Waals surface area contributed by atoms with Crippen molar-refractivity contribution in [2.45, 2.75) is 24.6 Å². The van der Waals surface area contributed by atoms with E-state index in [1.807, 2.05) is 0 Å². The highest BCUT2D eigenvalue weighted by molar-refractivity contribution is 7.11. The van der Waals surface area contributed by atoms with Crippen LogP contribution in [0.3, 0.4) is 0 Å². The molecule has 2 aromatic rings. The zero-order valence-corrected chi connectivity index (χ0v) is 16.5. The normalized spacial score (nSPS) is 19.3. The van der Waals surface area contributed by atoms with Crippen LogP contribution in [-0.2, 0) is 10.9 Å². The number of nitrogens with one attached hydrogen (secondary N) is 1. The van der Waals surface area contributed by atoms with Crippen LogP contribution in [0.25, 0.3) is 0 Å². The Morgan fingerprint density at radius 2 is 2.04 bits per heavy atom. The number of halogens is 4. The molecule has 11 heteroatoms. The number of nitrogens with zero attached hydrogens (tertiary/aromatic N) is 3. The fourth-order valence-electron chi connectivity index (χ4n) is 3.32. The zero-order chi connectivity index (χ0) is 18.9. The fraction of sp³-hybridized carbons (Fsp3) is 0.529. The molecule has 154 valence electrons. The van der Waals surface area contributed by atoms with Crippen molar-refractivity contribution in [1.29, 1.82) is 0 Å². The number of hydrogen-bond acceptors (Lipinski definition) is 7. The molecular formula is C17H20ClF3N4O2S. The summed E-state index contributed by atoms with van der Waals surface area (Å²) in [5.41, 5.74) is -1.25. The Labute approximate surface area is 170 Å². The molecule has 1 N–H and O–H groups in total. The van der Waals surface area contributed by atoms with E-state index in [4.69, 9.17) is 9.47 Å². The van der Waals surface area contributed by atoms with Gasteiger partial charge < -0.3 is 19.7 Å². The van der Waals surface area contributed by atoms with Gasteiger partial charge >= 0.3 is 6.18 Å². The van der Waals surface area contributed by atoms with Gasteiger partial charge in [-0.05, 0) is 30.4 Å². The molecule has 0 saturated carbocycles. The number of morpholine rings is 1. The Bertz CT molecular complexity index is 775. The first-order valence-electron chi connectivity index (χ1n) is 8.71. The minimum Gasteiger partial charge on any atom is -0.428 e. The highest BCUT2D eigenvalue weighted by atomic mass is 35.5. The molecule has 2 fully saturated rings. The van der Waals surface area contributed by atoms with Gasteiger partial charge in [0, 0.05) is 32.2 Å². The van der Waals surface area contributed by atoms with E-state index in [1.54, 1.807) is 22.4 Å². The third kappa shape index (κ3) is 4.68. The maximum absolute atomic E-state index is 13.3. The fourth-order valence-corrected chi connectivity index (χ4v) is 3.90. The lowest BCUT2D eigenvalue weighted by Gasteiger charge is -2.44. The van der Waals surface area contributed by atoms with Crippen LogP contribution in [0.2, 0.25) is 0 Å². The van der Waals surface area contributed by atoms with Gasteiger partial charge in [0.05, 0.1) is 12.2 Å². The molecule has 2 aromatic heterocycles. The average molecular weight is 437 g/mol. The topological polar surface area (TPSA) is 59.5 Å². The Morgan fingerprint density at radius 1 is 1.25 bits per heavy atom. The Balaban J connectivity index is 0.00000225. The van der Waals surface area contributed by atoms with Gasteiger partial charge in [-0.15, -0.1) is 23.7 Å². The van der Waals surface area contributed by atoms with Gasteiger partial charge in [0.15, 0.2) is 10.8 Å². The first-order chi connectivity index (χ1) is 12.9. The molecule has 0 atom stereocenters. The summed E-state index contributed by atoms with van der Waals surface area (Å²) in [4.78, 5) is 9.73. The Morgan fingerprint density at radius 3 is 2.64 bits per heavy atom. The van der Waals surface area contributed by atoms with Crippen molar-refractivity contribution in [3.8, 4) is 10.9 Å². The smallest absolute Gasteiger partial charge is 0.428 e. The molecule has 0 aliphatic carbocycles. The van der Waals surface area contributed by atoms with Crippen LogP contribution in [-0.4, -0.2) is 48.4 Å². The van der Waals surface area contributed by atoms with Crippen molar-refractivity contribution in [1.82, 2.24) is 15.3 Å². The number of piperidine rings is 1. The van der Waals surface area contributed by atoms with Crippen molar-refractivity contribution in [2.24, 2.45) is 0 Å². The number of anilines is 1. The SMILES string of the molecule is Cl.FC(F)(F)c1cc(Oc2cccs2)nc(N2CCC3(CC2)CNCCO3)n1. The van der Waals surface area contributed by atoms with E-state index in [0.717, 1.165) is 19.2 Å². The van der Waals surface area contributed by atoms with E-state index in [1.165, 1.54) is 11.3 Å². The van der Waals surface area contributed by atoms with Crippen molar-refractivity contribution in [3.05, 3.63) is 29.3 Å². The molecule has 2 aliphatic heterocycles. The van der Waals surface area contributed by atoms with Crippen molar-refractivity contribution < 1.29 is 22.6 Å². The van der Waals surface area contributed by atoms with Crippen LogP contribution >= 0.6 is 23.7 Å². The van der Waals surface area contributed by atoms with E-state index >= 15 is 0 Å². The molecule has 4 heterocycles. The second kappa shape index (κ2) is 8.40. The second-order valence-corrected chi connectivity index (χ2v) is 7.53. The summed E-state index contributed by atoms with van der Waals surface area (Å²) in [7, 11) is 0. The molecule has 0 aromatic carbocycles. The lowest BCUT2D eigenvalue weighted by Crippen LogP contribution is -2.55. The zero-order valence-electron chi connectivity index (χ0n) is 14.9. The largest absolute Gasteiger partial charge is 0.433 e. The van der Waals surface area contributed by atoms with Crippen LogP contribution in [0, 0.1) is 0 Å². The summed E-state index contributed by atoms with van der Waals surface area (Å²) in [5.74, 6) is -0.0688. The van der Waals surface area contributed by atoms with Crippen molar-refractivity contribution >= 4 is 29.7 Å². The molecule has 6 nitrogen and oxygen atoms in total. The number of hydrogen-bond donors (Lipinski definition) is 1. The Hall–Kier alpha value is -1.62. The van der Waals surface area contributed by atoms with Crippen LogP contribution in [0.4, 0.5) is 19.1 Å². The predicted octanol–water partition coefficient (Wildman–Crippen LogP) is 3.73. The maximum Gasteiger partial charge on any atom is 0.433 e. The van der Waals surface area contributed by atoms with E-state index in [9.17, 15) is 13.2 Å². The van der Waals surface area contributed by atoms with Gasteiger partial charge in [-0.25, -0.2) is 4.98 Å². The van der Waals surface area contributed by atoms with Gasteiger partial charge in [0.2, 0.25) is 11.8 Å². The molecule has 1 spiro atoms. The standard InChI is InChI=1S/C17H19F3N4O2S.ClH/c18-17(19,20)12-10-13(26-14-2-1-9-27-14)23-15(22-12)24-6-3-16(4-7-24)11-21-5-8-25-16;/h1-2,9-10,21H,3-8,11H2;1H. The van der Waals surface area contributed by atoms with Crippen LogP contribution in [0.5, 0.6) is 10.9 Å². The summed E-state index contributed by atoms with van der Waals surface area (Å²) in [6.07, 6.45) is -3.15. The van der Waals surface area contributed by atoms with Crippen LogP contribution in [0.15, 0.2) is 23.6 Å². The van der Waals surface area contributed by atoms with Crippen molar-refractivity contribution in [3.63, 3.8) is 0 Å². The average Bonchev–Trinajstić information content (AvgIpc) is 3.15. The van der Waals surface area contributed by atoms with Gasteiger partial charge in [0.25, 0.3) is 0 Å². The van der Waals surface area contributed by atoms with E-state index < -0.39 is 11.9 Å². The summed E-state index contributed by atoms with van der Waals surface area (Å²) in [6.45, 7) is 3.30. The van der Waals surface area contributed by atoms with Crippen LogP contribution < -0.4 is 15.0 Å². The quantitative estimate of drug-likeness (QED) is 0.791. The summed E-state index contributed by atoms with van der Waals surface area (Å²) in [6, 6.07) is 4.27. The van der Waals surface area contributed by atoms with Gasteiger partial charge in [0.1, 0.15) is 0 Å². The first-order valence-corrected chi connectivity index (χ1v) is 9.59. The predicted molar refractivity (Wildman–Crippen MR) is 102 cm³/mol. The van der Waals surface area contributed by atoms with Gasteiger partial charge in [-0.2, -0.15) is 18.2 Å². The molecule has 2 saturated heterocycles. The molecule has 4 rings (SSSR count). The number of aromatic nitrogens is 2. The summed E-state index contributed by atoms with van der Waals surface area (Å²) >= 11 is 1.29. The second-order valence-electron chi connectivity index (χ2n) is 6.62. The molecule has 0 unspecified atom stereocenters. The number of ether oxygens (including phenoxy) is 2. The molecule has 28 heavy (non-hydrogen) atoms. The third-order valence-electron chi connectivity index (χ3n) is 4.77. The van der Waals surface area contributed by atoms with Gasteiger partial charge in [-0.3, -0.25) is 0 Å². The number of alkyl halides is 3. The minimum atomic E-state index is -4.57. The maximum atomic E-state index is 13.3. The van der Waals surface area contributed by atoms with Crippen LogP contribution in [0.1, 0.15) is 18.5 Å².